The largest absolute Gasteiger partial charge is 0.410 e. The number of fused-ring (bicyclic) bond motifs is 1. The predicted octanol–water partition coefficient (Wildman–Crippen LogP) is 11.7. The average Bonchev–Trinajstić information content (AvgIpc) is 3.23. The van der Waals surface area contributed by atoms with Gasteiger partial charge in [-0.15, -0.1) is 0 Å². The summed E-state index contributed by atoms with van der Waals surface area (Å²) in [6.07, 6.45) is 13.9. The van der Waals surface area contributed by atoms with Crippen molar-refractivity contribution in [2.75, 3.05) is 6.54 Å². The molecule has 3 aliphatic rings. The maximum Gasteiger partial charge on any atom is 0.243 e. The molecule has 0 aromatic heterocycles. The average molecular weight is 686 g/mol. The second-order valence-corrected chi connectivity index (χ2v) is 28.8. The Morgan fingerprint density at radius 3 is 2.13 bits per heavy atom. The van der Waals surface area contributed by atoms with Crippen molar-refractivity contribution >= 4 is 22.5 Å². The summed E-state index contributed by atoms with van der Waals surface area (Å²) in [5.41, 5.74) is 5.42. The Bertz CT molecular complexity index is 1270. The normalized spacial score (nSPS) is 29.7. The van der Waals surface area contributed by atoms with E-state index in [1.54, 1.807) is 23.1 Å². The molecule has 0 aromatic carbocycles. The van der Waals surface area contributed by atoms with Gasteiger partial charge in [0.15, 0.2) is 22.4 Å². The van der Waals surface area contributed by atoms with Gasteiger partial charge in [-0.25, -0.2) is 9.90 Å². The molecule has 47 heavy (non-hydrogen) atoms. The Morgan fingerprint density at radius 2 is 1.62 bits per heavy atom. The molecule has 3 aliphatic carbocycles. The molecule has 0 saturated heterocycles. The van der Waals surface area contributed by atoms with Crippen molar-refractivity contribution in [2.45, 2.75) is 176 Å². The van der Waals surface area contributed by atoms with Crippen molar-refractivity contribution in [2.24, 2.45) is 16.7 Å². The second-order valence-electron chi connectivity index (χ2n) is 19.3. The lowest BCUT2D eigenvalue weighted by Crippen LogP contribution is -2.58. The molecule has 4 atom stereocenters. The highest BCUT2D eigenvalue weighted by molar-refractivity contribution is 6.74. The minimum absolute atomic E-state index is 0.0249. The molecule has 0 aliphatic heterocycles. The standard InChI is InChI=1S/C40H71NO4Si2/c1-18-33-23-24-34-31(20-19-25-39(33,34)13)21-22-32-26-40(45-47(16,17)38(10,11)12,44-41(30(3)42)28-36(4,5)6)27-35(29(32)2)43-46(14,15)37(7,8)9/h21-23,34-35H,2,18-20,24-28H2,1,3-17H3/t34?,35-,39+,40?/m0/s1. The van der Waals surface area contributed by atoms with Gasteiger partial charge in [0.1, 0.15) is 0 Å². The minimum Gasteiger partial charge on any atom is -0.410 e. The highest BCUT2D eigenvalue weighted by Gasteiger charge is 2.53. The van der Waals surface area contributed by atoms with E-state index in [9.17, 15) is 4.79 Å². The minimum atomic E-state index is -2.38. The quantitative estimate of drug-likeness (QED) is 0.105. The fourth-order valence-electron chi connectivity index (χ4n) is 7.18. The maximum absolute atomic E-state index is 13.2. The molecule has 0 heterocycles. The van der Waals surface area contributed by atoms with Crippen LogP contribution in [0.15, 0.2) is 47.1 Å². The van der Waals surface area contributed by atoms with E-state index in [-0.39, 0.29) is 32.9 Å². The molecule has 0 spiro atoms. The summed E-state index contributed by atoms with van der Waals surface area (Å²) < 4.78 is 14.6. The van der Waals surface area contributed by atoms with Crippen LogP contribution in [-0.4, -0.2) is 46.0 Å². The lowest BCUT2D eigenvalue weighted by molar-refractivity contribution is -0.321. The van der Waals surface area contributed by atoms with Crippen molar-refractivity contribution in [3.05, 3.63) is 47.1 Å². The first-order valence-corrected chi connectivity index (χ1v) is 24.1. The van der Waals surface area contributed by atoms with Crippen LogP contribution in [0.4, 0.5) is 0 Å². The molecule has 5 nitrogen and oxygen atoms in total. The number of allylic oxidation sites excluding steroid dienone is 5. The van der Waals surface area contributed by atoms with Crippen LogP contribution >= 0.6 is 0 Å². The molecule has 3 rings (SSSR count). The number of nitrogens with zero attached hydrogens (tertiary/aromatic N) is 1. The first-order valence-electron chi connectivity index (χ1n) is 18.3. The van der Waals surface area contributed by atoms with Crippen LogP contribution in [0.2, 0.25) is 36.3 Å². The SMILES string of the molecule is C=C1C(=CC=C2CCC[C@]3(C)C(CC)=CCC23)CC(ON(CC(C)(C)C)C(C)=O)(O[Si](C)(C)C(C)(C)C)C[C@@H]1O[Si](C)(C)C(C)(C)C. The molecule has 7 heteroatoms. The van der Waals surface area contributed by atoms with E-state index in [0.29, 0.717) is 25.3 Å². The number of amides is 1. The van der Waals surface area contributed by atoms with Crippen LogP contribution in [0.25, 0.3) is 0 Å². The summed E-state index contributed by atoms with van der Waals surface area (Å²) in [7, 11) is -4.59. The molecule has 0 radical (unpaired) electrons. The van der Waals surface area contributed by atoms with Crippen LogP contribution in [0.1, 0.15) is 128 Å². The highest BCUT2D eigenvalue weighted by Crippen LogP contribution is 2.56. The molecule has 0 bridgehead atoms. The highest BCUT2D eigenvalue weighted by atomic mass is 28.4. The lowest BCUT2D eigenvalue weighted by atomic mass is 9.64. The van der Waals surface area contributed by atoms with E-state index >= 15 is 0 Å². The summed E-state index contributed by atoms with van der Waals surface area (Å²) >= 11 is 0. The van der Waals surface area contributed by atoms with Crippen LogP contribution in [0, 0.1) is 16.7 Å². The lowest BCUT2D eigenvalue weighted by Gasteiger charge is -2.51. The number of carbonyl (C=O) groups is 1. The van der Waals surface area contributed by atoms with Crippen molar-refractivity contribution < 1.29 is 18.5 Å². The van der Waals surface area contributed by atoms with Crippen molar-refractivity contribution in [1.29, 1.82) is 0 Å². The molecule has 0 aromatic rings. The first kappa shape index (κ1) is 40.2. The number of carbonyl (C=O) groups excluding carboxylic acids is 1. The molecular weight excluding hydrogens is 615 g/mol. The van der Waals surface area contributed by atoms with E-state index in [1.165, 1.54) is 12.8 Å². The molecule has 1 amide bonds. The van der Waals surface area contributed by atoms with Gasteiger partial charge >= 0.3 is 0 Å². The maximum atomic E-state index is 13.2. The fourth-order valence-corrected chi connectivity index (χ4v) is 9.90. The number of hydrogen-bond donors (Lipinski definition) is 0. The smallest absolute Gasteiger partial charge is 0.243 e. The van der Waals surface area contributed by atoms with E-state index in [4.69, 9.17) is 20.3 Å². The van der Waals surface area contributed by atoms with Crippen molar-refractivity contribution in [1.82, 2.24) is 5.06 Å². The fraction of sp³-hybridized carbons (Fsp3) is 0.775. The van der Waals surface area contributed by atoms with Crippen LogP contribution in [0.3, 0.4) is 0 Å². The van der Waals surface area contributed by atoms with E-state index in [0.717, 1.165) is 30.4 Å². The number of rotatable bonds is 9. The summed E-state index contributed by atoms with van der Waals surface area (Å²) in [6.45, 7) is 40.8. The molecule has 2 fully saturated rings. The van der Waals surface area contributed by atoms with Gasteiger partial charge < -0.3 is 8.85 Å². The van der Waals surface area contributed by atoms with E-state index < -0.39 is 22.4 Å². The van der Waals surface area contributed by atoms with Crippen molar-refractivity contribution in [3.63, 3.8) is 0 Å². The number of hydroxylamine groups is 2. The van der Waals surface area contributed by atoms with Gasteiger partial charge in [0.25, 0.3) is 0 Å². The Labute approximate surface area is 291 Å². The monoisotopic (exact) mass is 685 g/mol. The van der Waals surface area contributed by atoms with Gasteiger partial charge in [-0.05, 0) is 96.3 Å². The topological polar surface area (TPSA) is 48.0 Å². The molecule has 2 saturated carbocycles. The summed E-state index contributed by atoms with van der Waals surface area (Å²) in [6, 6.07) is 0. The van der Waals surface area contributed by atoms with Crippen molar-refractivity contribution in [3.8, 4) is 0 Å². The zero-order valence-corrected chi connectivity index (χ0v) is 35.3. The zero-order chi connectivity index (χ0) is 36.0. The van der Waals surface area contributed by atoms with Crippen LogP contribution in [0.5, 0.6) is 0 Å². The van der Waals surface area contributed by atoms with Gasteiger partial charge in [-0.1, -0.05) is 112 Å². The summed E-state index contributed by atoms with van der Waals surface area (Å²) in [5.74, 6) is -0.619. The van der Waals surface area contributed by atoms with Gasteiger partial charge in [0.05, 0.1) is 12.6 Å². The third-order valence-corrected chi connectivity index (χ3v) is 21.1. The zero-order valence-electron chi connectivity index (χ0n) is 33.3. The van der Waals surface area contributed by atoms with E-state index in [1.807, 2.05) is 0 Å². The Kier molecular flexibility index (Phi) is 11.8. The second kappa shape index (κ2) is 13.8. The van der Waals surface area contributed by atoms with Gasteiger partial charge in [-0.2, -0.15) is 0 Å². The Morgan fingerprint density at radius 1 is 1.02 bits per heavy atom. The Hall–Kier alpha value is -1.26. The van der Waals surface area contributed by atoms with Crippen LogP contribution < -0.4 is 0 Å². The summed E-state index contributed by atoms with van der Waals surface area (Å²) in [5, 5.41) is 1.53. The van der Waals surface area contributed by atoms with Gasteiger partial charge in [0.2, 0.25) is 5.91 Å². The molecular formula is C40H71NO4Si2. The van der Waals surface area contributed by atoms with Gasteiger partial charge in [-0.3, -0.25) is 4.79 Å². The third kappa shape index (κ3) is 9.11. The predicted molar refractivity (Wildman–Crippen MR) is 204 cm³/mol. The summed E-state index contributed by atoms with van der Waals surface area (Å²) in [4.78, 5) is 20.2. The first-order chi connectivity index (χ1) is 21.2. The molecule has 2 unspecified atom stereocenters. The van der Waals surface area contributed by atoms with E-state index in [2.05, 4.69) is 121 Å². The van der Waals surface area contributed by atoms with Gasteiger partial charge in [0, 0.05) is 19.8 Å². The Balaban J connectivity index is 2.19. The number of hydrogen-bond acceptors (Lipinski definition) is 4. The van der Waals surface area contributed by atoms with Crippen LogP contribution in [-0.2, 0) is 18.5 Å². The molecule has 268 valence electrons. The molecule has 0 N–H and O–H groups in total. The third-order valence-electron chi connectivity index (χ3n) is 12.1.